The molecule has 3 nitrogen and oxygen atoms in total. The predicted octanol–water partition coefficient (Wildman–Crippen LogP) is 3.02. The van der Waals surface area contributed by atoms with Crippen molar-refractivity contribution in [2.45, 2.75) is 13.8 Å². The topological polar surface area (TPSA) is 43.1 Å². The van der Waals surface area contributed by atoms with Gasteiger partial charge < -0.3 is 0 Å². The van der Waals surface area contributed by atoms with Crippen LogP contribution in [0, 0.1) is 10.1 Å². The van der Waals surface area contributed by atoms with E-state index in [1.807, 2.05) is 19.9 Å². The molecule has 0 heterocycles. The minimum Gasteiger partial charge on any atom is -0.258 e. The normalized spacial score (nSPS) is 11.4. The summed E-state index contributed by atoms with van der Waals surface area (Å²) in [4.78, 5) is 10.3. The lowest BCUT2D eigenvalue weighted by molar-refractivity contribution is -0.385. The summed E-state index contributed by atoms with van der Waals surface area (Å²) in [5.74, 6) is 0. The maximum atomic E-state index is 10.6. The summed E-state index contributed by atoms with van der Waals surface area (Å²) < 4.78 is 0. The second-order valence-corrected chi connectivity index (χ2v) is 2.75. The van der Waals surface area contributed by atoms with E-state index in [2.05, 4.69) is 0 Å². The summed E-state index contributed by atoms with van der Waals surface area (Å²) in [6, 6.07) is 6.75. The number of rotatable bonds is 2. The third-order valence-electron chi connectivity index (χ3n) is 1.96. The Labute approximate surface area is 76.9 Å². The molecule has 68 valence electrons. The van der Waals surface area contributed by atoms with Gasteiger partial charge in [0.05, 0.1) is 10.5 Å². The number of nitro benzene ring substituents is 1. The van der Waals surface area contributed by atoms with E-state index in [-0.39, 0.29) is 10.6 Å². The van der Waals surface area contributed by atoms with Gasteiger partial charge in [-0.3, -0.25) is 10.1 Å². The Morgan fingerprint density at radius 3 is 2.62 bits per heavy atom. The molecule has 1 aromatic rings. The molecule has 0 aliphatic rings. The number of para-hydroxylation sites is 1. The number of allylic oxidation sites excluding steroid dienone is 2. The van der Waals surface area contributed by atoms with E-state index in [9.17, 15) is 10.1 Å². The number of nitrogens with zero attached hydrogens (tertiary/aromatic N) is 1. The highest BCUT2D eigenvalue weighted by atomic mass is 16.6. The van der Waals surface area contributed by atoms with E-state index in [0.717, 1.165) is 5.57 Å². The van der Waals surface area contributed by atoms with Crippen LogP contribution in [-0.4, -0.2) is 4.92 Å². The quantitative estimate of drug-likeness (QED) is 0.514. The Morgan fingerprint density at radius 1 is 1.46 bits per heavy atom. The van der Waals surface area contributed by atoms with Gasteiger partial charge in [0.2, 0.25) is 0 Å². The molecule has 0 fully saturated rings. The van der Waals surface area contributed by atoms with E-state index in [1.165, 1.54) is 6.07 Å². The van der Waals surface area contributed by atoms with Crippen LogP contribution >= 0.6 is 0 Å². The van der Waals surface area contributed by atoms with E-state index >= 15 is 0 Å². The summed E-state index contributed by atoms with van der Waals surface area (Å²) in [6.07, 6.45) is 1.86. The van der Waals surface area contributed by atoms with Crippen molar-refractivity contribution >= 4 is 11.3 Å². The molecule has 0 radical (unpaired) electrons. The zero-order valence-corrected chi connectivity index (χ0v) is 7.65. The number of nitro groups is 1. The van der Waals surface area contributed by atoms with Crippen molar-refractivity contribution in [2.75, 3.05) is 0 Å². The van der Waals surface area contributed by atoms with Crippen molar-refractivity contribution in [1.29, 1.82) is 0 Å². The highest BCUT2D eigenvalue weighted by Crippen LogP contribution is 2.24. The Hall–Kier alpha value is -1.64. The lowest BCUT2D eigenvalue weighted by atomic mass is 10.1. The van der Waals surface area contributed by atoms with Crippen LogP contribution < -0.4 is 0 Å². The van der Waals surface area contributed by atoms with E-state index < -0.39 is 0 Å². The summed E-state index contributed by atoms with van der Waals surface area (Å²) >= 11 is 0. The van der Waals surface area contributed by atoms with Crippen LogP contribution in [0.2, 0.25) is 0 Å². The van der Waals surface area contributed by atoms with Crippen LogP contribution in [0.4, 0.5) is 5.69 Å². The number of benzene rings is 1. The van der Waals surface area contributed by atoms with Gasteiger partial charge in [0.25, 0.3) is 5.69 Å². The van der Waals surface area contributed by atoms with Gasteiger partial charge in [0, 0.05) is 6.07 Å². The van der Waals surface area contributed by atoms with Crippen molar-refractivity contribution in [3.8, 4) is 0 Å². The molecular weight excluding hydrogens is 166 g/mol. The summed E-state index contributed by atoms with van der Waals surface area (Å²) in [6.45, 7) is 3.73. The summed E-state index contributed by atoms with van der Waals surface area (Å²) in [5.41, 5.74) is 1.78. The highest BCUT2D eigenvalue weighted by molar-refractivity contribution is 5.70. The van der Waals surface area contributed by atoms with Gasteiger partial charge in [-0.2, -0.15) is 0 Å². The zero-order valence-electron chi connectivity index (χ0n) is 7.65. The molecule has 1 rings (SSSR count). The third kappa shape index (κ3) is 1.93. The molecule has 3 heteroatoms. The van der Waals surface area contributed by atoms with Gasteiger partial charge in [0.15, 0.2) is 0 Å². The maximum absolute atomic E-state index is 10.6. The standard InChI is InChI=1S/C10H11NO2/c1-3-8(2)9-6-4-5-7-10(9)11(12)13/h3-7H,1-2H3/b8-3+. The first-order valence-electron chi connectivity index (χ1n) is 4.03. The molecule has 0 saturated heterocycles. The molecule has 0 saturated carbocycles. The molecule has 0 aliphatic heterocycles. The van der Waals surface area contributed by atoms with Crippen LogP contribution in [0.15, 0.2) is 30.3 Å². The molecule has 0 bridgehead atoms. The minimum atomic E-state index is -0.359. The van der Waals surface area contributed by atoms with E-state index in [1.54, 1.807) is 18.2 Å². The fraction of sp³-hybridized carbons (Fsp3) is 0.200. The lowest BCUT2D eigenvalue weighted by Gasteiger charge is -2.01. The number of hydrogen-bond acceptors (Lipinski definition) is 2. The fourth-order valence-electron chi connectivity index (χ4n) is 1.12. The van der Waals surface area contributed by atoms with Crippen LogP contribution in [0.25, 0.3) is 5.57 Å². The molecule has 0 atom stereocenters. The first-order valence-corrected chi connectivity index (χ1v) is 4.03. The average molecular weight is 177 g/mol. The first kappa shape index (κ1) is 9.45. The Balaban J connectivity index is 3.28. The Morgan fingerprint density at radius 2 is 2.08 bits per heavy atom. The van der Waals surface area contributed by atoms with Gasteiger partial charge in [-0.05, 0) is 25.5 Å². The van der Waals surface area contributed by atoms with Crippen molar-refractivity contribution < 1.29 is 4.92 Å². The van der Waals surface area contributed by atoms with Crippen LogP contribution in [-0.2, 0) is 0 Å². The molecule has 0 unspecified atom stereocenters. The van der Waals surface area contributed by atoms with Gasteiger partial charge in [-0.1, -0.05) is 18.2 Å². The minimum absolute atomic E-state index is 0.165. The fourth-order valence-corrected chi connectivity index (χ4v) is 1.12. The van der Waals surface area contributed by atoms with Gasteiger partial charge in [0.1, 0.15) is 0 Å². The Kier molecular flexibility index (Phi) is 2.80. The average Bonchev–Trinajstić information content (AvgIpc) is 2.16. The van der Waals surface area contributed by atoms with Crippen molar-refractivity contribution in [3.63, 3.8) is 0 Å². The van der Waals surface area contributed by atoms with Crippen molar-refractivity contribution in [3.05, 3.63) is 46.0 Å². The summed E-state index contributed by atoms with van der Waals surface area (Å²) in [7, 11) is 0. The second kappa shape index (κ2) is 3.85. The third-order valence-corrected chi connectivity index (χ3v) is 1.96. The van der Waals surface area contributed by atoms with Gasteiger partial charge in [-0.15, -0.1) is 0 Å². The molecule has 0 spiro atoms. The zero-order chi connectivity index (χ0) is 9.84. The highest BCUT2D eigenvalue weighted by Gasteiger charge is 2.12. The molecule has 0 N–H and O–H groups in total. The Bertz CT molecular complexity index is 356. The molecule has 1 aromatic carbocycles. The molecule has 0 amide bonds. The largest absolute Gasteiger partial charge is 0.276 e. The predicted molar refractivity (Wildman–Crippen MR) is 52.4 cm³/mol. The van der Waals surface area contributed by atoms with Crippen LogP contribution in [0.1, 0.15) is 19.4 Å². The molecule has 0 aromatic heterocycles. The van der Waals surface area contributed by atoms with Gasteiger partial charge >= 0.3 is 0 Å². The van der Waals surface area contributed by atoms with Gasteiger partial charge in [-0.25, -0.2) is 0 Å². The molecule has 13 heavy (non-hydrogen) atoms. The van der Waals surface area contributed by atoms with Crippen molar-refractivity contribution in [2.24, 2.45) is 0 Å². The number of hydrogen-bond donors (Lipinski definition) is 0. The second-order valence-electron chi connectivity index (χ2n) is 2.75. The van der Waals surface area contributed by atoms with E-state index in [0.29, 0.717) is 5.56 Å². The maximum Gasteiger partial charge on any atom is 0.276 e. The summed E-state index contributed by atoms with van der Waals surface area (Å²) in [5, 5.41) is 10.6. The SMILES string of the molecule is C/C=C(\C)c1ccccc1[N+](=O)[O-]. The van der Waals surface area contributed by atoms with Crippen LogP contribution in [0.5, 0.6) is 0 Å². The first-order chi connectivity index (χ1) is 6.16. The smallest absolute Gasteiger partial charge is 0.258 e. The van der Waals surface area contributed by atoms with Crippen molar-refractivity contribution in [1.82, 2.24) is 0 Å². The monoisotopic (exact) mass is 177 g/mol. The molecular formula is C10H11NO2. The van der Waals surface area contributed by atoms with E-state index in [4.69, 9.17) is 0 Å². The van der Waals surface area contributed by atoms with Crippen LogP contribution in [0.3, 0.4) is 0 Å². The lowest BCUT2D eigenvalue weighted by Crippen LogP contribution is -1.92. The molecule has 0 aliphatic carbocycles.